The molecular weight excluding hydrogens is 132 g/mol. The minimum Gasteiger partial charge on any atom is -0.0613 e. The molecule has 1 aromatic carbocycles. The standard InChI is InChI=1S/C11H15/c1-4-10-7-6-9(3)8-11(10)5-2/h6-7H,4-5H2,1-3H3. The minimum atomic E-state index is 1.10. The first-order valence-electron chi connectivity index (χ1n) is 4.28. The topological polar surface area (TPSA) is 0 Å². The van der Waals surface area contributed by atoms with Gasteiger partial charge >= 0.3 is 0 Å². The number of hydrogen-bond donors (Lipinski definition) is 0. The van der Waals surface area contributed by atoms with Gasteiger partial charge in [-0.25, -0.2) is 0 Å². The highest BCUT2D eigenvalue weighted by molar-refractivity contribution is 5.30. The fourth-order valence-corrected chi connectivity index (χ4v) is 1.33. The van der Waals surface area contributed by atoms with Crippen LogP contribution in [0.25, 0.3) is 0 Å². The molecule has 1 rings (SSSR count). The van der Waals surface area contributed by atoms with Gasteiger partial charge in [0.2, 0.25) is 0 Å². The van der Waals surface area contributed by atoms with Crippen LogP contribution in [-0.2, 0) is 12.8 Å². The second-order valence-corrected chi connectivity index (χ2v) is 2.85. The lowest BCUT2D eigenvalue weighted by atomic mass is 10.0. The molecule has 0 saturated carbocycles. The Morgan fingerprint density at radius 2 is 1.91 bits per heavy atom. The van der Waals surface area contributed by atoms with Crippen molar-refractivity contribution in [2.75, 3.05) is 0 Å². The van der Waals surface area contributed by atoms with Gasteiger partial charge in [-0.1, -0.05) is 26.0 Å². The molecule has 0 aliphatic rings. The monoisotopic (exact) mass is 147 g/mol. The Balaban J connectivity index is 3.06. The SMILES string of the molecule is CCc1[c]c(C)ccc1CC. The number of aryl methyl sites for hydroxylation is 3. The van der Waals surface area contributed by atoms with Crippen LogP contribution >= 0.6 is 0 Å². The molecule has 0 nitrogen and oxygen atoms in total. The Kier molecular flexibility index (Phi) is 2.70. The van der Waals surface area contributed by atoms with Crippen molar-refractivity contribution in [1.29, 1.82) is 0 Å². The molecule has 0 N–H and O–H groups in total. The quantitative estimate of drug-likeness (QED) is 0.603. The Bertz CT molecular complexity index is 236. The molecule has 0 fully saturated rings. The highest BCUT2D eigenvalue weighted by Gasteiger charge is 1.97. The van der Waals surface area contributed by atoms with Crippen LogP contribution in [0.1, 0.15) is 30.5 Å². The Labute approximate surface area is 69.3 Å². The summed E-state index contributed by atoms with van der Waals surface area (Å²) in [6.45, 7) is 6.47. The summed E-state index contributed by atoms with van der Waals surface area (Å²) in [5.41, 5.74) is 4.07. The second-order valence-electron chi connectivity index (χ2n) is 2.85. The van der Waals surface area contributed by atoms with Gasteiger partial charge < -0.3 is 0 Å². The van der Waals surface area contributed by atoms with E-state index in [-0.39, 0.29) is 0 Å². The van der Waals surface area contributed by atoms with E-state index in [1.807, 2.05) is 0 Å². The molecule has 1 radical (unpaired) electrons. The molecule has 0 bridgehead atoms. The largest absolute Gasteiger partial charge is 0.0613 e. The summed E-state index contributed by atoms with van der Waals surface area (Å²) < 4.78 is 0. The lowest BCUT2D eigenvalue weighted by Gasteiger charge is -2.04. The Morgan fingerprint density at radius 1 is 1.18 bits per heavy atom. The van der Waals surface area contributed by atoms with E-state index in [9.17, 15) is 0 Å². The zero-order valence-electron chi connectivity index (χ0n) is 7.57. The number of rotatable bonds is 2. The highest BCUT2D eigenvalue weighted by Crippen LogP contribution is 2.11. The molecule has 59 valence electrons. The third-order valence-corrected chi connectivity index (χ3v) is 2.00. The van der Waals surface area contributed by atoms with Crippen LogP contribution in [0.15, 0.2) is 12.1 Å². The molecular formula is C11H15. The van der Waals surface area contributed by atoms with E-state index in [0.717, 1.165) is 12.8 Å². The summed E-state index contributed by atoms with van der Waals surface area (Å²) >= 11 is 0. The van der Waals surface area contributed by atoms with Crippen LogP contribution in [0.2, 0.25) is 0 Å². The molecule has 11 heavy (non-hydrogen) atoms. The van der Waals surface area contributed by atoms with Crippen LogP contribution in [0.4, 0.5) is 0 Å². The summed E-state index contributed by atoms with van der Waals surface area (Å²) in [4.78, 5) is 0. The van der Waals surface area contributed by atoms with Crippen LogP contribution < -0.4 is 0 Å². The fourth-order valence-electron chi connectivity index (χ4n) is 1.33. The predicted molar refractivity (Wildman–Crippen MR) is 48.8 cm³/mol. The van der Waals surface area contributed by atoms with Crippen molar-refractivity contribution in [3.8, 4) is 0 Å². The van der Waals surface area contributed by atoms with Gasteiger partial charge in [0.05, 0.1) is 0 Å². The first-order valence-corrected chi connectivity index (χ1v) is 4.28. The van der Waals surface area contributed by atoms with Crippen molar-refractivity contribution in [3.05, 3.63) is 34.9 Å². The molecule has 1 aromatic rings. The molecule has 0 amide bonds. The Hall–Kier alpha value is -0.780. The van der Waals surface area contributed by atoms with Crippen molar-refractivity contribution < 1.29 is 0 Å². The summed E-state index contributed by atoms with van der Waals surface area (Å²) in [6.07, 6.45) is 2.23. The lowest BCUT2D eigenvalue weighted by molar-refractivity contribution is 1.03. The van der Waals surface area contributed by atoms with Crippen molar-refractivity contribution in [1.82, 2.24) is 0 Å². The van der Waals surface area contributed by atoms with Crippen LogP contribution in [-0.4, -0.2) is 0 Å². The van der Waals surface area contributed by atoms with Crippen molar-refractivity contribution >= 4 is 0 Å². The maximum atomic E-state index is 3.38. The van der Waals surface area contributed by atoms with Crippen LogP contribution in [0.3, 0.4) is 0 Å². The molecule has 0 spiro atoms. The van der Waals surface area contributed by atoms with Gasteiger partial charge in [-0.2, -0.15) is 0 Å². The zero-order chi connectivity index (χ0) is 8.27. The van der Waals surface area contributed by atoms with Gasteiger partial charge in [-0.15, -0.1) is 0 Å². The average Bonchev–Trinajstić information content (AvgIpc) is 2.04. The van der Waals surface area contributed by atoms with Crippen LogP contribution in [0.5, 0.6) is 0 Å². The van der Waals surface area contributed by atoms with Crippen LogP contribution in [0, 0.1) is 13.0 Å². The summed E-state index contributed by atoms with van der Waals surface area (Å²) in [6, 6.07) is 7.73. The van der Waals surface area contributed by atoms with E-state index in [2.05, 4.69) is 39.0 Å². The summed E-state index contributed by atoms with van der Waals surface area (Å²) in [5, 5.41) is 0. The molecule has 0 saturated heterocycles. The molecule has 0 heteroatoms. The average molecular weight is 147 g/mol. The molecule has 0 aromatic heterocycles. The third kappa shape index (κ3) is 1.83. The third-order valence-electron chi connectivity index (χ3n) is 2.00. The maximum absolute atomic E-state index is 3.38. The molecule has 0 heterocycles. The normalized spacial score (nSPS) is 10.1. The molecule has 0 aliphatic heterocycles. The van der Waals surface area contributed by atoms with E-state index in [1.54, 1.807) is 0 Å². The molecule has 0 atom stereocenters. The zero-order valence-corrected chi connectivity index (χ0v) is 7.57. The smallest absolute Gasteiger partial charge is 0.0114 e. The van der Waals surface area contributed by atoms with E-state index in [1.165, 1.54) is 16.7 Å². The summed E-state index contributed by atoms with van der Waals surface area (Å²) in [5.74, 6) is 0. The first kappa shape index (κ1) is 8.32. The number of hydrogen-bond acceptors (Lipinski definition) is 0. The minimum absolute atomic E-state index is 1.10. The second kappa shape index (κ2) is 3.56. The first-order chi connectivity index (χ1) is 5.27. The van der Waals surface area contributed by atoms with E-state index < -0.39 is 0 Å². The van der Waals surface area contributed by atoms with Gasteiger partial charge in [-0.05, 0) is 42.5 Å². The van der Waals surface area contributed by atoms with Crippen molar-refractivity contribution in [3.63, 3.8) is 0 Å². The highest BCUT2D eigenvalue weighted by atomic mass is 14.0. The fraction of sp³-hybridized carbons (Fsp3) is 0.455. The van der Waals surface area contributed by atoms with E-state index >= 15 is 0 Å². The van der Waals surface area contributed by atoms with Crippen molar-refractivity contribution in [2.24, 2.45) is 0 Å². The number of benzene rings is 1. The van der Waals surface area contributed by atoms with Gasteiger partial charge in [0.15, 0.2) is 0 Å². The summed E-state index contributed by atoms with van der Waals surface area (Å²) in [7, 11) is 0. The molecule has 0 unspecified atom stereocenters. The Morgan fingerprint density at radius 3 is 2.45 bits per heavy atom. The van der Waals surface area contributed by atoms with Gasteiger partial charge in [-0.3, -0.25) is 0 Å². The lowest BCUT2D eigenvalue weighted by Crippen LogP contribution is -1.91. The van der Waals surface area contributed by atoms with Gasteiger partial charge in [0, 0.05) is 0 Å². The van der Waals surface area contributed by atoms with E-state index in [0.29, 0.717) is 0 Å². The predicted octanol–water partition coefficient (Wildman–Crippen LogP) is 2.92. The maximum Gasteiger partial charge on any atom is -0.0114 e. The van der Waals surface area contributed by atoms with E-state index in [4.69, 9.17) is 0 Å². The van der Waals surface area contributed by atoms with Gasteiger partial charge in [0.1, 0.15) is 0 Å². The van der Waals surface area contributed by atoms with Crippen molar-refractivity contribution in [2.45, 2.75) is 33.6 Å². The van der Waals surface area contributed by atoms with Gasteiger partial charge in [0.25, 0.3) is 0 Å². The molecule has 0 aliphatic carbocycles.